The van der Waals surface area contributed by atoms with Gasteiger partial charge in [-0.3, -0.25) is 9.59 Å². The zero-order valence-corrected chi connectivity index (χ0v) is 19.5. The first-order chi connectivity index (χ1) is 15.9. The Morgan fingerprint density at radius 3 is 2.45 bits per heavy atom. The summed E-state index contributed by atoms with van der Waals surface area (Å²) in [4.78, 5) is 34.1. The molecule has 172 valence electrons. The summed E-state index contributed by atoms with van der Waals surface area (Å²) in [5, 5.41) is 1.21. The number of ether oxygens (including phenoxy) is 1. The van der Waals surface area contributed by atoms with E-state index in [4.69, 9.17) is 20.8 Å². The maximum absolute atomic E-state index is 13.3. The molecule has 0 atom stereocenters. The van der Waals surface area contributed by atoms with E-state index in [-0.39, 0.29) is 22.4 Å². The number of fused-ring (bicyclic) bond motifs is 1. The Labute approximate surface area is 197 Å². The lowest BCUT2D eigenvalue weighted by atomic mass is 9.77. The number of hydrogen-bond acceptors (Lipinski definition) is 5. The third kappa shape index (κ3) is 3.95. The van der Waals surface area contributed by atoms with Crippen LogP contribution in [0.15, 0.2) is 40.8 Å². The molecule has 0 unspecified atom stereocenters. The lowest BCUT2D eigenvalue weighted by Crippen LogP contribution is -2.44. The number of carbonyl (C=O) groups is 2. The van der Waals surface area contributed by atoms with E-state index < -0.39 is 0 Å². The van der Waals surface area contributed by atoms with Crippen molar-refractivity contribution in [1.82, 2.24) is 14.8 Å². The fourth-order valence-corrected chi connectivity index (χ4v) is 5.31. The van der Waals surface area contributed by atoms with Crippen molar-refractivity contribution >= 4 is 34.4 Å². The van der Waals surface area contributed by atoms with Gasteiger partial charge in [-0.15, -0.1) is 0 Å². The van der Waals surface area contributed by atoms with Crippen molar-refractivity contribution in [3.8, 4) is 5.88 Å². The molecule has 3 aromatic rings. The van der Waals surface area contributed by atoms with E-state index in [1.807, 2.05) is 41.0 Å². The van der Waals surface area contributed by atoms with Crippen molar-refractivity contribution in [3.05, 3.63) is 58.4 Å². The molecule has 0 bridgehead atoms. The van der Waals surface area contributed by atoms with Crippen LogP contribution in [0.1, 0.15) is 45.7 Å². The molecule has 1 spiro atoms. The Bertz CT molecular complexity index is 1230. The highest BCUT2D eigenvalue weighted by Crippen LogP contribution is 2.41. The number of furan rings is 1. The molecule has 2 aromatic heterocycles. The highest BCUT2D eigenvalue weighted by Gasteiger charge is 2.43. The summed E-state index contributed by atoms with van der Waals surface area (Å²) in [6, 6.07) is 10.9. The summed E-state index contributed by atoms with van der Waals surface area (Å²) in [7, 11) is 1.50. The molecule has 2 fully saturated rings. The van der Waals surface area contributed by atoms with Gasteiger partial charge in [0, 0.05) is 48.8 Å². The Morgan fingerprint density at radius 2 is 1.76 bits per heavy atom. The maximum atomic E-state index is 13.3. The first-order valence-corrected chi connectivity index (χ1v) is 11.6. The highest BCUT2D eigenvalue weighted by molar-refractivity contribution is 6.29. The Hall–Kier alpha value is -3.06. The molecule has 0 radical (unpaired) electrons. The molecule has 2 saturated heterocycles. The zero-order chi connectivity index (χ0) is 23.2. The van der Waals surface area contributed by atoms with Gasteiger partial charge < -0.3 is 19.0 Å². The second-order valence-corrected chi connectivity index (χ2v) is 9.43. The second-order valence-electron chi connectivity index (χ2n) is 9.04. The topological polar surface area (TPSA) is 75.9 Å². The quantitative estimate of drug-likeness (QED) is 0.527. The summed E-state index contributed by atoms with van der Waals surface area (Å²) >= 11 is 6.04. The van der Waals surface area contributed by atoms with Gasteiger partial charge in [0.05, 0.1) is 7.11 Å². The van der Waals surface area contributed by atoms with Gasteiger partial charge in [-0.25, -0.2) is 4.98 Å². The average molecular weight is 468 g/mol. The molecule has 2 amide bonds. The van der Waals surface area contributed by atoms with E-state index in [1.165, 1.54) is 7.11 Å². The lowest BCUT2D eigenvalue weighted by molar-refractivity contribution is 0.0559. The predicted octanol–water partition coefficient (Wildman–Crippen LogP) is 4.57. The molecule has 2 aliphatic heterocycles. The predicted molar refractivity (Wildman–Crippen MR) is 125 cm³/mol. The van der Waals surface area contributed by atoms with Crippen LogP contribution < -0.4 is 4.74 Å². The Morgan fingerprint density at radius 1 is 1.06 bits per heavy atom. The molecule has 0 N–H and O–H groups in total. The molecule has 2 aliphatic rings. The van der Waals surface area contributed by atoms with Gasteiger partial charge in [0.2, 0.25) is 5.88 Å². The summed E-state index contributed by atoms with van der Waals surface area (Å²) in [5.41, 5.74) is 2.15. The van der Waals surface area contributed by atoms with Crippen molar-refractivity contribution < 1.29 is 18.7 Å². The number of aryl methyl sites for hydroxylation is 1. The van der Waals surface area contributed by atoms with Crippen molar-refractivity contribution in [2.75, 3.05) is 33.3 Å². The van der Waals surface area contributed by atoms with Gasteiger partial charge in [-0.05, 0) is 43.7 Å². The van der Waals surface area contributed by atoms with E-state index in [9.17, 15) is 9.59 Å². The third-order valence-corrected chi connectivity index (χ3v) is 7.30. The minimum absolute atomic E-state index is 0.0416. The van der Waals surface area contributed by atoms with Gasteiger partial charge in [-0.2, -0.15) is 0 Å². The molecule has 0 aliphatic carbocycles. The monoisotopic (exact) mass is 467 g/mol. The second kappa shape index (κ2) is 8.37. The third-order valence-electron chi connectivity index (χ3n) is 7.10. The van der Waals surface area contributed by atoms with Crippen LogP contribution in [-0.2, 0) is 0 Å². The first-order valence-electron chi connectivity index (χ1n) is 11.2. The van der Waals surface area contributed by atoms with Crippen LogP contribution >= 0.6 is 11.6 Å². The SMILES string of the molecule is COc1cc(C(=O)N2CCC3(CC2)CCN(C(=O)c2oc4ccccc4c2C)C3)cc(Cl)n1. The van der Waals surface area contributed by atoms with E-state index in [0.29, 0.717) is 43.4 Å². The maximum Gasteiger partial charge on any atom is 0.289 e. The number of aromatic nitrogens is 1. The number of amides is 2. The number of piperidine rings is 1. The van der Waals surface area contributed by atoms with Crippen molar-refractivity contribution in [1.29, 1.82) is 0 Å². The smallest absolute Gasteiger partial charge is 0.289 e. The van der Waals surface area contributed by atoms with E-state index in [2.05, 4.69) is 4.98 Å². The molecular weight excluding hydrogens is 442 g/mol. The fourth-order valence-electron chi connectivity index (χ4n) is 5.11. The number of carbonyl (C=O) groups excluding carboxylic acids is 2. The van der Waals surface area contributed by atoms with Gasteiger partial charge in [-0.1, -0.05) is 29.8 Å². The van der Waals surface area contributed by atoms with Crippen LogP contribution in [0.4, 0.5) is 0 Å². The standard InChI is InChI=1S/C25H26ClN3O4/c1-16-18-5-3-4-6-19(18)33-22(16)24(31)29-12-9-25(15-29)7-10-28(11-8-25)23(30)17-13-20(26)27-21(14-17)32-2/h3-6,13-14H,7-12,15H2,1-2H3. The Balaban J connectivity index is 1.25. The minimum Gasteiger partial charge on any atom is -0.481 e. The number of methoxy groups -OCH3 is 1. The lowest BCUT2D eigenvalue weighted by Gasteiger charge is -2.39. The van der Waals surface area contributed by atoms with Crippen molar-refractivity contribution in [2.45, 2.75) is 26.2 Å². The summed E-state index contributed by atoms with van der Waals surface area (Å²) in [5.74, 6) is 0.642. The molecule has 7 nitrogen and oxygen atoms in total. The Kier molecular flexibility index (Phi) is 5.52. The average Bonchev–Trinajstić information content (AvgIpc) is 3.40. The normalized spacial score (nSPS) is 17.7. The number of para-hydroxylation sites is 1. The van der Waals surface area contributed by atoms with Gasteiger partial charge in [0.25, 0.3) is 11.8 Å². The van der Waals surface area contributed by atoms with Crippen LogP contribution in [0.3, 0.4) is 0 Å². The highest BCUT2D eigenvalue weighted by atomic mass is 35.5. The van der Waals surface area contributed by atoms with Crippen LogP contribution in [-0.4, -0.2) is 59.9 Å². The number of benzene rings is 1. The molecule has 33 heavy (non-hydrogen) atoms. The largest absolute Gasteiger partial charge is 0.481 e. The van der Waals surface area contributed by atoms with Gasteiger partial charge >= 0.3 is 0 Å². The van der Waals surface area contributed by atoms with Crippen LogP contribution in [0.5, 0.6) is 5.88 Å². The molecule has 5 rings (SSSR count). The van der Waals surface area contributed by atoms with Crippen molar-refractivity contribution in [2.24, 2.45) is 5.41 Å². The molecule has 8 heteroatoms. The van der Waals surface area contributed by atoms with E-state index >= 15 is 0 Å². The number of nitrogens with zero attached hydrogens (tertiary/aromatic N) is 3. The summed E-state index contributed by atoms with van der Waals surface area (Å²) in [6.45, 7) is 4.63. The summed E-state index contributed by atoms with van der Waals surface area (Å²) in [6.07, 6.45) is 2.66. The number of hydrogen-bond donors (Lipinski definition) is 0. The fraction of sp³-hybridized carbons (Fsp3) is 0.400. The van der Waals surface area contributed by atoms with Crippen LogP contribution in [0.25, 0.3) is 11.0 Å². The van der Waals surface area contributed by atoms with E-state index in [0.717, 1.165) is 35.8 Å². The molecular formula is C25H26ClN3O4. The molecule has 1 aromatic carbocycles. The molecule has 4 heterocycles. The summed E-state index contributed by atoms with van der Waals surface area (Å²) < 4.78 is 11.0. The van der Waals surface area contributed by atoms with Crippen LogP contribution in [0, 0.1) is 12.3 Å². The zero-order valence-electron chi connectivity index (χ0n) is 18.8. The van der Waals surface area contributed by atoms with Gasteiger partial charge in [0.1, 0.15) is 10.7 Å². The number of likely N-dealkylation sites (tertiary alicyclic amines) is 2. The first kappa shape index (κ1) is 21.8. The number of halogens is 1. The van der Waals surface area contributed by atoms with Crippen molar-refractivity contribution in [3.63, 3.8) is 0 Å². The van der Waals surface area contributed by atoms with Crippen LogP contribution in [0.2, 0.25) is 5.15 Å². The van der Waals surface area contributed by atoms with E-state index in [1.54, 1.807) is 12.1 Å². The number of rotatable bonds is 3. The molecule has 0 saturated carbocycles. The number of pyridine rings is 1. The minimum atomic E-state index is -0.0729. The van der Waals surface area contributed by atoms with Gasteiger partial charge in [0.15, 0.2) is 5.76 Å².